The highest BCUT2D eigenvalue weighted by Gasteiger charge is 2.35. The van der Waals surface area contributed by atoms with Crippen molar-refractivity contribution in [1.29, 1.82) is 0 Å². The quantitative estimate of drug-likeness (QED) is 0.431. The van der Waals surface area contributed by atoms with Crippen LogP contribution in [-0.4, -0.2) is 33.8 Å². The number of alkyl halides is 3. The van der Waals surface area contributed by atoms with Crippen molar-refractivity contribution in [3.63, 3.8) is 0 Å². The Hall–Kier alpha value is -3.74. The van der Waals surface area contributed by atoms with Gasteiger partial charge in [0.1, 0.15) is 5.56 Å². The number of benzene rings is 2. The summed E-state index contributed by atoms with van der Waals surface area (Å²) in [5.41, 5.74) is -3.97. The number of fused-ring (bicyclic) bond motifs is 1. The molecule has 188 valence electrons. The van der Waals surface area contributed by atoms with Crippen molar-refractivity contribution in [1.82, 2.24) is 0 Å². The molecule has 0 spiro atoms. The molecule has 0 fully saturated rings. The summed E-state index contributed by atoms with van der Waals surface area (Å²) in [6, 6.07) is 6.67. The lowest BCUT2D eigenvalue weighted by Crippen LogP contribution is -2.23. The average Bonchev–Trinajstić information content (AvgIpc) is 2.74. The number of sulfonamides is 1. The molecular formula is C22H21F3N2O7S. The first-order chi connectivity index (χ1) is 16.3. The molecule has 0 unspecified atom stereocenters. The Morgan fingerprint density at radius 1 is 1.06 bits per heavy atom. The first-order valence-electron chi connectivity index (χ1n) is 10.2. The summed E-state index contributed by atoms with van der Waals surface area (Å²) in [5, 5.41) is 2.33. The van der Waals surface area contributed by atoms with E-state index in [1.807, 2.05) is 10.0 Å². The molecule has 0 saturated carbocycles. The number of anilines is 2. The lowest BCUT2D eigenvalue weighted by Gasteiger charge is -2.16. The first kappa shape index (κ1) is 25.9. The molecule has 1 amide bonds. The van der Waals surface area contributed by atoms with Gasteiger partial charge in [0.15, 0.2) is 11.3 Å². The predicted octanol–water partition coefficient (Wildman–Crippen LogP) is 4.23. The van der Waals surface area contributed by atoms with Crippen LogP contribution in [0.4, 0.5) is 24.5 Å². The summed E-state index contributed by atoms with van der Waals surface area (Å²) in [6.07, 6.45) is -4.16. The van der Waals surface area contributed by atoms with Crippen LogP contribution in [0.15, 0.2) is 45.6 Å². The molecule has 0 radical (unpaired) electrons. The lowest BCUT2D eigenvalue weighted by molar-refractivity contribution is -0.136. The predicted molar refractivity (Wildman–Crippen MR) is 123 cm³/mol. The molecule has 0 aliphatic heterocycles. The van der Waals surface area contributed by atoms with Gasteiger partial charge in [0.05, 0.1) is 30.7 Å². The Labute approximate surface area is 197 Å². The number of halogens is 3. The number of carbonyl (C=O) groups is 1. The second-order valence-corrected chi connectivity index (χ2v) is 8.96. The maximum absolute atomic E-state index is 13.6. The van der Waals surface area contributed by atoms with Gasteiger partial charge in [-0.25, -0.2) is 13.2 Å². The van der Waals surface area contributed by atoms with Crippen molar-refractivity contribution in [2.45, 2.75) is 20.0 Å². The maximum Gasteiger partial charge on any atom is 0.418 e. The van der Waals surface area contributed by atoms with Gasteiger partial charge in [-0.2, -0.15) is 13.2 Å². The molecule has 1 aromatic heterocycles. The molecule has 3 aromatic rings. The fourth-order valence-corrected chi connectivity index (χ4v) is 3.76. The van der Waals surface area contributed by atoms with E-state index in [0.717, 1.165) is 18.4 Å². The number of carbonyl (C=O) groups excluding carboxylic acids is 1. The van der Waals surface area contributed by atoms with Crippen LogP contribution in [0, 0.1) is 0 Å². The molecule has 13 heteroatoms. The number of hydrogen-bond donors (Lipinski definition) is 2. The molecule has 35 heavy (non-hydrogen) atoms. The van der Waals surface area contributed by atoms with Crippen LogP contribution in [0.1, 0.15) is 29.8 Å². The monoisotopic (exact) mass is 514 g/mol. The molecule has 0 aliphatic rings. The SMILES string of the molecule is CCOc1ccc2cc(C(=O)Nc3ccc(NS(C)(=O)=O)cc3C(F)(F)F)c(=O)oc2c1OCC. The zero-order valence-electron chi connectivity index (χ0n) is 18.8. The molecule has 1 heterocycles. The van der Waals surface area contributed by atoms with Gasteiger partial charge < -0.3 is 19.2 Å². The normalized spacial score (nSPS) is 11.8. The zero-order valence-corrected chi connectivity index (χ0v) is 19.6. The summed E-state index contributed by atoms with van der Waals surface area (Å²) < 4.78 is 81.7. The number of hydrogen-bond acceptors (Lipinski definition) is 7. The Bertz CT molecular complexity index is 1430. The van der Waals surface area contributed by atoms with Gasteiger partial charge in [0.25, 0.3) is 5.91 Å². The van der Waals surface area contributed by atoms with Crippen molar-refractivity contribution in [3.05, 3.63) is 57.9 Å². The third kappa shape index (κ3) is 6.04. The lowest BCUT2D eigenvalue weighted by atomic mass is 10.1. The van der Waals surface area contributed by atoms with E-state index in [1.54, 1.807) is 19.9 Å². The maximum atomic E-state index is 13.6. The van der Waals surface area contributed by atoms with Gasteiger partial charge in [0, 0.05) is 11.1 Å². The van der Waals surface area contributed by atoms with Crippen molar-refractivity contribution in [2.24, 2.45) is 0 Å². The molecule has 3 rings (SSSR count). The fraction of sp³-hybridized carbons (Fsp3) is 0.273. The van der Waals surface area contributed by atoms with Crippen LogP contribution in [0.2, 0.25) is 0 Å². The summed E-state index contributed by atoms with van der Waals surface area (Å²) in [5.74, 6) is -0.675. The first-order valence-corrected chi connectivity index (χ1v) is 12.1. The van der Waals surface area contributed by atoms with Gasteiger partial charge in [-0.05, 0) is 50.2 Å². The van der Waals surface area contributed by atoms with Gasteiger partial charge in [0.2, 0.25) is 15.8 Å². The Kier molecular flexibility index (Phi) is 7.29. The topological polar surface area (TPSA) is 124 Å². The highest BCUT2D eigenvalue weighted by molar-refractivity contribution is 7.92. The van der Waals surface area contributed by atoms with Crippen LogP contribution in [0.25, 0.3) is 11.0 Å². The highest BCUT2D eigenvalue weighted by Crippen LogP contribution is 2.38. The fourth-order valence-electron chi connectivity index (χ4n) is 3.20. The minimum absolute atomic E-state index is 0.0199. The van der Waals surface area contributed by atoms with Crippen LogP contribution in [0.3, 0.4) is 0 Å². The molecular weight excluding hydrogens is 493 g/mol. The second kappa shape index (κ2) is 9.86. The third-order valence-electron chi connectivity index (χ3n) is 4.53. The van der Waals surface area contributed by atoms with Gasteiger partial charge >= 0.3 is 11.8 Å². The number of nitrogens with one attached hydrogen (secondary N) is 2. The molecule has 9 nitrogen and oxygen atoms in total. The Morgan fingerprint density at radius 3 is 2.34 bits per heavy atom. The highest BCUT2D eigenvalue weighted by atomic mass is 32.2. The van der Waals surface area contributed by atoms with E-state index in [9.17, 15) is 31.2 Å². The van der Waals surface area contributed by atoms with Crippen LogP contribution < -0.4 is 25.1 Å². The Morgan fingerprint density at radius 2 is 1.74 bits per heavy atom. The molecule has 2 aromatic carbocycles. The van der Waals surface area contributed by atoms with E-state index in [0.29, 0.717) is 18.4 Å². The van der Waals surface area contributed by atoms with E-state index in [-0.39, 0.29) is 29.0 Å². The van der Waals surface area contributed by atoms with Gasteiger partial charge in [-0.3, -0.25) is 9.52 Å². The van der Waals surface area contributed by atoms with E-state index in [2.05, 4.69) is 0 Å². The summed E-state index contributed by atoms with van der Waals surface area (Å²) >= 11 is 0. The number of ether oxygens (including phenoxy) is 2. The Balaban J connectivity index is 2.03. The number of amides is 1. The zero-order chi connectivity index (χ0) is 26.0. The van der Waals surface area contributed by atoms with Crippen molar-refractivity contribution in [3.8, 4) is 11.5 Å². The summed E-state index contributed by atoms with van der Waals surface area (Å²) in [4.78, 5) is 25.3. The molecule has 0 atom stereocenters. The summed E-state index contributed by atoms with van der Waals surface area (Å²) in [6.45, 7) is 4.01. The molecule has 0 saturated heterocycles. The van der Waals surface area contributed by atoms with Crippen molar-refractivity contribution >= 4 is 38.3 Å². The van der Waals surface area contributed by atoms with Gasteiger partial charge in [-0.1, -0.05) is 0 Å². The largest absolute Gasteiger partial charge is 0.490 e. The van der Waals surface area contributed by atoms with Crippen molar-refractivity contribution < 1.29 is 40.3 Å². The number of rotatable bonds is 8. The van der Waals surface area contributed by atoms with Crippen LogP contribution in [-0.2, 0) is 16.2 Å². The minimum Gasteiger partial charge on any atom is -0.490 e. The van der Waals surface area contributed by atoms with E-state index in [4.69, 9.17) is 13.9 Å². The summed E-state index contributed by atoms with van der Waals surface area (Å²) in [7, 11) is -3.84. The van der Waals surface area contributed by atoms with E-state index < -0.39 is 44.5 Å². The molecule has 0 aliphatic carbocycles. The van der Waals surface area contributed by atoms with E-state index in [1.165, 1.54) is 12.1 Å². The van der Waals surface area contributed by atoms with E-state index >= 15 is 0 Å². The van der Waals surface area contributed by atoms with Gasteiger partial charge in [-0.15, -0.1) is 0 Å². The molecule has 0 bridgehead atoms. The second-order valence-electron chi connectivity index (χ2n) is 7.21. The van der Waals surface area contributed by atoms with Crippen LogP contribution >= 0.6 is 0 Å². The smallest absolute Gasteiger partial charge is 0.418 e. The van der Waals surface area contributed by atoms with Crippen LogP contribution in [0.5, 0.6) is 11.5 Å². The van der Waals surface area contributed by atoms with Crippen molar-refractivity contribution in [2.75, 3.05) is 29.5 Å². The minimum atomic E-state index is -4.94. The molecule has 2 N–H and O–H groups in total. The average molecular weight is 514 g/mol. The third-order valence-corrected chi connectivity index (χ3v) is 5.14. The standard InChI is InChI=1S/C22H21F3N2O7S/c1-4-32-17-9-6-12-10-14(21(29)34-18(12)19(17)33-5-2)20(28)26-16-8-7-13(27-35(3,30)31)11-15(16)22(23,24)25/h6-11,27H,4-5H2,1-3H3,(H,26,28).